The minimum atomic E-state index is -0.570. The Kier molecular flexibility index (Phi) is 6.22. The second-order valence-corrected chi connectivity index (χ2v) is 9.26. The van der Waals surface area contributed by atoms with E-state index in [0.29, 0.717) is 39.2 Å². The minimum Gasteiger partial charge on any atom is -0.465 e. The maximum absolute atomic E-state index is 12.9. The lowest BCUT2D eigenvalue weighted by Crippen LogP contribution is -2.27. The largest absolute Gasteiger partial charge is 0.465 e. The van der Waals surface area contributed by atoms with Crippen LogP contribution < -0.4 is 9.47 Å². The van der Waals surface area contributed by atoms with Gasteiger partial charge in [0.2, 0.25) is 6.79 Å². The lowest BCUT2D eigenvalue weighted by molar-refractivity contribution is -0.123. The second kappa shape index (κ2) is 9.33. The van der Waals surface area contributed by atoms with E-state index in [1.54, 1.807) is 42.5 Å². The van der Waals surface area contributed by atoms with Crippen LogP contribution in [-0.4, -0.2) is 35.9 Å². The van der Waals surface area contributed by atoms with Gasteiger partial charge in [-0.3, -0.25) is 14.5 Å². The van der Waals surface area contributed by atoms with Crippen LogP contribution >= 0.6 is 35.0 Å². The van der Waals surface area contributed by atoms with Gasteiger partial charge in [-0.2, -0.15) is 0 Å². The molecule has 2 amide bonds. The molecule has 35 heavy (non-hydrogen) atoms. The number of imide groups is 1. The molecule has 2 aromatic carbocycles. The number of furan rings is 1. The highest BCUT2D eigenvalue weighted by Crippen LogP contribution is 2.39. The number of thioether (sulfide) groups is 1. The third-order valence-electron chi connectivity index (χ3n) is 5.30. The number of carbonyl (C=O) groups is 3. The highest BCUT2D eigenvalue weighted by molar-refractivity contribution is 8.18. The molecular weight excluding hydrogens is 517 g/mol. The van der Waals surface area contributed by atoms with Crippen LogP contribution in [0.3, 0.4) is 0 Å². The molecule has 0 atom stereocenters. The fourth-order valence-electron chi connectivity index (χ4n) is 3.55. The maximum Gasteiger partial charge on any atom is 0.339 e. The lowest BCUT2D eigenvalue weighted by Gasteiger charge is -2.14. The van der Waals surface area contributed by atoms with Crippen LogP contribution in [0.1, 0.15) is 21.7 Å². The second-order valence-electron chi connectivity index (χ2n) is 7.45. The van der Waals surface area contributed by atoms with Crippen molar-refractivity contribution in [1.29, 1.82) is 0 Å². The quantitative estimate of drug-likeness (QED) is 0.292. The zero-order chi connectivity index (χ0) is 24.7. The Morgan fingerprint density at radius 3 is 2.63 bits per heavy atom. The van der Waals surface area contributed by atoms with Gasteiger partial charge in [0.15, 0.2) is 11.5 Å². The van der Waals surface area contributed by atoms with Crippen LogP contribution in [0.2, 0.25) is 10.0 Å². The Hall–Kier alpha value is -3.40. The molecular formula is C24H15Cl2NO7S. The summed E-state index contributed by atoms with van der Waals surface area (Å²) < 4.78 is 21.2. The average Bonchev–Trinajstić information content (AvgIpc) is 3.55. The first-order valence-corrected chi connectivity index (χ1v) is 11.7. The Morgan fingerprint density at radius 2 is 1.86 bits per heavy atom. The molecule has 3 aromatic rings. The van der Waals surface area contributed by atoms with E-state index in [1.807, 2.05) is 0 Å². The number of hydrogen-bond acceptors (Lipinski definition) is 8. The van der Waals surface area contributed by atoms with E-state index in [-0.39, 0.29) is 28.8 Å². The SMILES string of the molecule is COC(=O)c1cc(-c2ccc(/C=C3\SC(=O)N(Cc4cc5c(cc4Cl)OCO5)C3=O)o2)ccc1Cl. The molecule has 11 heteroatoms. The number of amides is 2. The van der Waals surface area contributed by atoms with Gasteiger partial charge >= 0.3 is 5.97 Å². The van der Waals surface area contributed by atoms with Crippen molar-refractivity contribution >= 4 is 58.2 Å². The number of benzene rings is 2. The lowest BCUT2D eigenvalue weighted by atomic mass is 10.1. The van der Waals surface area contributed by atoms with Crippen molar-refractivity contribution in [1.82, 2.24) is 4.90 Å². The summed E-state index contributed by atoms with van der Waals surface area (Å²) in [5, 5.41) is 0.188. The summed E-state index contributed by atoms with van der Waals surface area (Å²) in [5.74, 6) is 0.796. The molecule has 0 spiro atoms. The summed E-state index contributed by atoms with van der Waals surface area (Å²) in [4.78, 5) is 38.7. The standard InChI is InChI=1S/C24H15Cl2NO7S/c1-31-23(29)15-6-12(2-4-16(15)25)18-5-3-14(34-18)8-21-22(28)27(24(30)35-21)10-13-7-19-20(9-17(13)26)33-11-32-19/h2-9H,10-11H2,1H3/b21-8-. The van der Waals surface area contributed by atoms with Crippen LogP contribution in [0.4, 0.5) is 4.79 Å². The Balaban J connectivity index is 1.36. The molecule has 0 unspecified atom stereocenters. The fraction of sp³-hybridized carbons (Fsp3) is 0.125. The van der Waals surface area contributed by atoms with Crippen LogP contribution in [0.5, 0.6) is 11.5 Å². The van der Waals surface area contributed by atoms with Gasteiger partial charge in [0.05, 0.1) is 29.1 Å². The van der Waals surface area contributed by atoms with E-state index in [0.717, 1.165) is 16.7 Å². The summed E-state index contributed by atoms with van der Waals surface area (Å²) >= 11 is 13.2. The van der Waals surface area contributed by atoms with Gasteiger partial charge in [0.25, 0.3) is 11.1 Å². The smallest absolute Gasteiger partial charge is 0.339 e. The van der Waals surface area contributed by atoms with Gasteiger partial charge < -0.3 is 18.6 Å². The van der Waals surface area contributed by atoms with Gasteiger partial charge in [0, 0.05) is 22.7 Å². The summed E-state index contributed by atoms with van der Waals surface area (Å²) in [7, 11) is 1.27. The van der Waals surface area contributed by atoms with Crippen molar-refractivity contribution in [3.63, 3.8) is 0 Å². The van der Waals surface area contributed by atoms with Crippen molar-refractivity contribution < 1.29 is 33.0 Å². The van der Waals surface area contributed by atoms with Crippen molar-refractivity contribution in [2.24, 2.45) is 0 Å². The Labute approximate surface area is 213 Å². The molecule has 1 fully saturated rings. The van der Waals surface area contributed by atoms with Gasteiger partial charge in [-0.25, -0.2) is 4.79 Å². The predicted octanol–water partition coefficient (Wildman–Crippen LogP) is 6.01. The zero-order valence-corrected chi connectivity index (χ0v) is 20.3. The normalized spacial score (nSPS) is 15.9. The van der Waals surface area contributed by atoms with E-state index in [1.165, 1.54) is 13.2 Å². The summed E-state index contributed by atoms with van der Waals surface area (Å²) in [6.45, 7) is 0.0759. The number of carbonyl (C=O) groups excluding carboxylic acids is 3. The van der Waals surface area contributed by atoms with E-state index in [4.69, 9.17) is 41.8 Å². The Bertz CT molecular complexity index is 1410. The number of methoxy groups -OCH3 is 1. The fourth-order valence-corrected chi connectivity index (χ4v) is 4.77. The number of nitrogens with zero attached hydrogens (tertiary/aromatic N) is 1. The third-order valence-corrected chi connectivity index (χ3v) is 6.89. The van der Waals surface area contributed by atoms with Gasteiger partial charge in [0.1, 0.15) is 11.5 Å². The summed E-state index contributed by atoms with van der Waals surface area (Å²) in [6, 6.07) is 11.4. The van der Waals surface area contributed by atoms with E-state index in [9.17, 15) is 14.4 Å². The summed E-state index contributed by atoms with van der Waals surface area (Å²) in [6.07, 6.45) is 1.49. The molecule has 0 saturated carbocycles. The van der Waals surface area contributed by atoms with Crippen LogP contribution in [-0.2, 0) is 16.1 Å². The number of ether oxygens (including phenoxy) is 3. The minimum absolute atomic E-state index is 0.0119. The molecule has 0 aliphatic carbocycles. The molecule has 0 radical (unpaired) electrons. The maximum atomic E-state index is 12.9. The van der Waals surface area contributed by atoms with Crippen LogP contribution in [0, 0.1) is 0 Å². The molecule has 2 aliphatic heterocycles. The molecule has 1 aromatic heterocycles. The third kappa shape index (κ3) is 4.50. The Morgan fingerprint density at radius 1 is 1.09 bits per heavy atom. The van der Waals surface area contributed by atoms with E-state index in [2.05, 4.69) is 0 Å². The monoisotopic (exact) mass is 531 g/mol. The predicted molar refractivity (Wildman–Crippen MR) is 130 cm³/mol. The molecule has 0 bridgehead atoms. The van der Waals surface area contributed by atoms with Gasteiger partial charge in [-0.1, -0.05) is 23.2 Å². The van der Waals surface area contributed by atoms with Crippen LogP contribution in [0.25, 0.3) is 17.4 Å². The number of esters is 1. The molecule has 3 heterocycles. The van der Waals surface area contributed by atoms with Gasteiger partial charge in [-0.15, -0.1) is 0 Å². The molecule has 1 saturated heterocycles. The molecule has 0 N–H and O–H groups in total. The van der Waals surface area contributed by atoms with Crippen LogP contribution in [0.15, 0.2) is 51.8 Å². The number of fused-ring (bicyclic) bond motifs is 1. The molecule has 2 aliphatic rings. The molecule has 8 nitrogen and oxygen atoms in total. The van der Waals surface area contributed by atoms with Gasteiger partial charge in [-0.05, 0) is 53.7 Å². The number of halogens is 2. The molecule has 178 valence electrons. The molecule has 5 rings (SSSR count). The van der Waals surface area contributed by atoms with E-state index < -0.39 is 17.1 Å². The highest BCUT2D eigenvalue weighted by Gasteiger charge is 2.36. The summed E-state index contributed by atoms with van der Waals surface area (Å²) in [5.41, 5.74) is 1.36. The number of rotatable bonds is 5. The van der Waals surface area contributed by atoms with Crippen molar-refractivity contribution in [2.75, 3.05) is 13.9 Å². The van der Waals surface area contributed by atoms with Crippen molar-refractivity contribution in [3.8, 4) is 22.8 Å². The first-order chi connectivity index (χ1) is 16.8. The highest BCUT2D eigenvalue weighted by atomic mass is 35.5. The first kappa shape index (κ1) is 23.3. The van der Waals surface area contributed by atoms with Crippen molar-refractivity contribution in [2.45, 2.75) is 6.54 Å². The topological polar surface area (TPSA) is 95.3 Å². The zero-order valence-electron chi connectivity index (χ0n) is 18.0. The van der Waals surface area contributed by atoms with E-state index >= 15 is 0 Å². The average molecular weight is 532 g/mol. The van der Waals surface area contributed by atoms with Crippen molar-refractivity contribution in [3.05, 3.63) is 74.3 Å². The number of hydrogen-bond donors (Lipinski definition) is 0. The first-order valence-electron chi connectivity index (χ1n) is 10.2.